The predicted molar refractivity (Wildman–Crippen MR) is 78.4 cm³/mol. The fraction of sp³-hybridized carbons (Fsp3) is 0.214. The molecule has 0 fully saturated rings. The molecule has 0 atom stereocenters. The zero-order valence-electron chi connectivity index (χ0n) is 11.3. The second-order valence-corrected chi connectivity index (χ2v) is 5.42. The summed E-state index contributed by atoms with van der Waals surface area (Å²) in [5.74, 6) is 1.14. The van der Waals surface area contributed by atoms with E-state index in [1.54, 1.807) is 28.8 Å². The fourth-order valence-corrected chi connectivity index (χ4v) is 2.73. The minimum absolute atomic E-state index is 0.0192. The van der Waals surface area contributed by atoms with Crippen LogP contribution in [0.2, 0.25) is 0 Å². The molecule has 0 bridgehead atoms. The molecule has 0 amide bonds. The Hall–Kier alpha value is -2.41. The van der Waals surface area contributed by atoms with Gasteiger partial charge in [0.1, 0.15) is 5.75 Å². The maximum atomic E-state index is 11.6. The first-order valence-electron chi connectivity index (χ1n) is 6.40. The highest BCUT2D eigenvalue weighted by Gasteiger charge is 2.10. The van der Waals surface area contributed by atoms with Gasteiger partial charge in [0, 0.05) is 29.6 Å². The number of aromatic nitrogens is 3. The first kappa shape index (κ1) is 13.6. The molecular weight excluding hydrogens is 290 g/mol. The molecule has 0 radical (unpaired) electrons. The van der Waals surface area contributed by atoms with Crippen molar-refractivity contribution in [3.05, 3.63) is 50.9 Å². The van der Waals surface area contributed by atoms with E-state index in [4.69, 9.17) is 4.52 Å². The lowest BCUT2D eigenvalue weighted by molar-refractivity contribution is 0.371. The van der Waals surface area contributed by atoms with Gasteiger partial charge in [0.2, 0.25) is 11.7 Å². The monoisotopic (exact) mass is 303 g/mol. The first-order valence-corrected chi connectivity index (χ1v) is 7.28. The number of phenolic OH excluding ortho intramolecular Hbond substituents is 1. The summed E-state index contributed by atoms with van der Waals surface area (Å²) in [6.45, 7) is 2.42. The standard InChI is InChI=1S/C14H13N3O3S/c1-9-8-21-14(19)17(9)7-6-12-15-13(16-20-12)10-2-4-11(18)5-3-10/h2-5,8,18H,6-7H2,1H3. The zero-order valence-corrected chi connectivity index (χ0v) is 12.1. The number of aromatic hydroxyl groups is 1. The van der Waals surface area contributed by atoms with Gasteiger partial charge in [-0.15, -0.1) is 0 Å². The molecule has 3 rings (SSSR count). The van der Waals surface area contributed by atoms with Crippen LogP contribution in [0.15, 0.2) is 39.0 Å². The summed E-state index contributed by atoms with van der Waals surface area (Å²) >= 11 is 1.19. The van der Waals surface area contributed by atoms with E-state index in [-0.39, 0.29) is 10.6 Å². The van der Waals surface area contributed by atoms with Crippen molar-refractivity contribution in [3.63, 3.8) is 0 Å². The molecule has 2 heterocycles. The number of hydrogen-bond acceptors (Lipinski definition) is 6. The Morgan fingerprint density at radius 3 is 2.76 bits per heavy atom. The third kappa shape index (κ3) is 2.87. The van der Waals surface area contributed by atoms with E-state index in [1.165, 1.54) is 11.3 Å². The minimum Gasteiger partial charge on any atom is -0.508 e. The molecule has 0 unspecified atom stereocenters. The molecule has 1 aromatic carbocycles. The van der Waals surface area contributed by atoms with Gasteiger partial charge in [-0.25, -0.2) is 0 Å². The van der Waals surface area contributed by atoms with E-state index in [1.807, 2.05) is 12.3 Å². The van der Waals surface area contributed by atoms with Gasteiger partial charge in [0.15, 0.2) is 0 Å². The molecule has 108 valence electrons. The highest BCUT2D eigenvalue weighted by Crippen LogP contribution is 2.19. The molecule has 2 aromatic heterocycles. The van der Waals surface area contributed by atoms with Gasteiger partial charge in [0.25, 0.3) is 0 Å². The van der Waals surface area contributed by atoms with Crippen LogP contribution in [0.5, 0.6) is 5.75 Å². The number of hydrogen-bond donors (Lipinski definition) is 1. The molecule has 1 N–H and O–H groups in total. The summed E-state index contributed by atoms with van der Waals surface area (Å²) in [5, 5.41) is 15.0. The van der Waals surface area contributed by atoms with E-state index in [9.17, 15) is 9.90 Å². The quantitative estimate of drug-likeness (QED) is 0.799. The van der Waals surface area contributed by atoms with E-state index in [0.717, 1.165) is 11.3 Å². The SMILES string of the molecule is Cc1csc(=O)n1CCc1nc(-c2ccc(O)cc2)no1. The molecule has 0 saturated carbocycles. The third-order valence-electron chi connectivity index (χ3n) is 3.12. The van der Waals surface area contributed by atoms with Gasteiger partial charge in [-0.2, -0.15) is 4.98 Å². The summed E-state index contributed by atoms with van der Waals surface area (Å²) in [4.78, 5) is 15.9. The third-order valence-corrected chi connectivity index (χ3v) is 4.00. The fourth-order valence-electron chi connectivity index (χ4n) is 1.97. The number of benzene rings is 1. The number of phenols is 1. The van der Waals surface area contributed by atoms with Gasteiger partial charge < -0.3 is 14.2 Å². The average molecular weight is 303 g/mol. The average Bonchev–Trinajstić information content (AvgIpc) is 3.06. The van der Waals surface area contributed by atoms with Gasteiger partial charge in [0.05, 0.1) is 0 Å². The summed E-state index contributed by atoms with van der Waals surface area (Å²) in [6.07, 6.45) is 0.503. The van der Waals surface area contributed by atoms with Gasteiger partial charge >= 0.3 is 4.87 Å². The molecule has 7 heteroatoms. The minimum atomic E-state index is 0.0192. The Bertz CT molecular complexity index is 801. The molecule has 6 nitrogen and oxygen atoms in total. The second kappa shape index (κ2) is 5.53. The summed E-state index contributed by atoms with van der Waals surface area (Å²) in [7, 11) is 0. The molecule has 0 saturated heterocycles. The Morgan fingerprint density at radius 1 is 1.33 bits per heavy atom. The highest BCUT2D eigenvalue weighted by atomic mass is 32.1. The number of rotatable bonds is 4. The highest BCUT2D eigenvalue weighted by molar-refractivity contribution is 7.07. The van der Waals surface area contributed by atoms with Crippen LogP contribution in [0, 0.1) is 6.92 Å². The van der Waals surface area contributed by atoms with E-state index >= 15 is 0 Å². The Kier molecular flexibility index (Phi) is 3.57. The molecule has 0 spiro atoms. The normalized spacial score (nSPS) is 10.9. The first-order chi connectivity index (χ1) is 10.1. The van der Waals surface area contributed by atoms with Crippen LogP contribution >= 0.6 is 11.3 Å². The van der Waals surface area contributed by atoms with Crippen molar-refractivity contribution in [3.8, 4) is 17.1 Å². The van der Waals surface area contributed by atoms with Crippen LogP contribution in [0.25, 0.3) is 11.4 Å². The lowest BCUT2D eigenvalue weighted by atomic mass is 10.2. The van der Waals surface area contributed by atoms with Crippen molar-refractivity contribution in [1.82, 2.24) is 14.7 Å². The molecule has 0 aliphatic rings. The lowest BCUT2D eigenvalue weighted by Crippen LogP contribution is -2.16. The Morgan fingerprint density at radius 2 is 2.10 bits per heavy atom. The maximum Gasteiger partial charge on any atom is 0.307 e. The smallest absolute Gasteiger partial charge is 0.307 e. The van der Waals surface area contributed by atoms with Gasteiger partial charge in [-0.3, -0.25) is 4.79 Å². The number of thiazole rings is 1. The van der Waals surface area contributed by atoms with Crippen molar-refractivity contribution in [1.29, 1.82) is 0 Å². The zero-order chi connectivity index (χ0) is 14.8. The van der Waals surface area contributed by atoms with Crippen molar-refractivity contribution >= 4 is 11.3 Å². The lowest BCUT2D eigenvalue weighted by Gasteiger charge is -2.00. The second-order valence-electron chi connectivity index (χ2n) is 4.60. The van der Waals surface area contributed by atoms with E-state index in [2.05, 4.69) is 10.1 Å². The Labute approximate surface area is 124 Å². The summed E-state index contributed by atoms with van der Waals surface area (Å²) < 4.78 is 6.88. The van der Waals surface area contributed by atoms with Crippen LogP contribution in [-0.2, 0) is 13.0 Å². The molecular formula is C14H13N3O3S. The Balaban J connectivity index is 1.74. The maximum absolute atomic E-state index is 11.6. The van der Waals surface area contributed by atoms with Crippen molar-refractivity contribution in [2.45, 2.75) is 19.9 Å². The van der Waals surface area contributed by atoms with Crippen LogP contribution in [0.3, 0.4) is 0 Å². The van der Waals surface area contributed by atoms with E-state index in [0.29, 0.717) is 24.7 Å². The topological polar surface area (TPSA) is 81.2 Å². The van der Waals surface area contributed by atoms with E-state index < -0.39 is 0 Å². The molecule has 21 heavy (non-hydrogen) atoms. The van der Waals surface area contributed by atoms with Gasteiger partial charge in [-0.1, -0.05) is 16.5 Å². The van der Waals surface area contributed by atoms with Crippen LogP contribution < -0.4 is 4.87 Å². The summed E-state index contributed by atoms with van der Waals surface area (Å²) in [5.41, 5.74) is 1.70. The predicted octanol–water partition coefficient (Wildman–Crippen LogP) is 2.22. The number of nitrogens with zero attached hydrogens (tertiary/aromatic N) is 3. The van der Waals surface area contributed by atoms with Gasteiger partial charge in [-0.05, 0) is 31.2 Å². The molecule has 0 aliphatic heterocycles. The summed E-state index contributed by atoms with van der Waals surface area (Å²) in [6, 6.07) is 6.58. The van der Waals surface area contributed by atoms with Crippen molar-refractivity contribution in [2.24, 2.45) is 0 Å². The molecule has 0 aliphatic carbocycles. The number of aryl methyl sites for hydroxylation is 2. The van der Waals surface area contributed by atoms with Crippen LogP contribution in [-0.4, -0.2) is 19.8 Å². The largest absolute Gasteiger partial charge is 0.508 e. The molecule has 3 aromatic rings. The van der Waals surface area contributed by atoms with Crippen LogP contribution in [0.4, 0.5) is 0 Å². The van der Waals surface area contributed by atoms with Crippen molar-refractivity contribution < 1.29 is 9.63 Å². The van der Waals surface area contributed by atoms with Crippen molar-refractivity contribution in [2.75, 3.05) is 0 Å². The van der Waals surface area contributed by atoms with Crippen LogP contribution in [0.1, 0.15) is 11.6 Å².